The molecule has 0 aliphatic carbocycles. The molecule has 0 aliphatic rings. The molecular weight excluding hydrogens is 296 g/mol. The summed E-state index contributed by atoms with van der Waals surface area (Å²) in [6.45, 7) is 3.97. The van der Waals surface area contributed by atoms with Gasteiger partial charge < -0.3 is 5.32 Å². The van der Waals surface area contributed by atoms with Gasteiger partial charge in [0.15, 0.2) is 0 Å². The van der Waals surface area contributed by atoms with E-state index in [0.29, 0.717) is 16.3 Å². The molecule has 0 atom stereocenters. The highest BCUT2D eigenvalue weighted by Gasteiger charge is 2.10. The monoisotopic (exact) mass is 310 g/mol. The topological polar surface area (TPSA) is 52.9 Å². The van der Waals surface area contributed by atoms with E-state index in [1.54, 1.807) is 24.3 Å². The van der Waals surface area contributed by atoms with E-state index >= 15 is 0 Å². The van der Waals surface area contributed by atoms with Crippen molar-refractivity contribution in [1.29, 1.82) is 5.26 Å². The average molecular weight is 311 g/mol. The number of carbonyl (C=O) groups is 1. The van der Waals surface area contributed by atoms with Crippen molar-refractivity contribution in [2.24, 2.45) is 0 Å². The molecule has 0 saturated heterocycles. The van der Waals surface area contributed by atoms with Gasteiger partial charge in [0.25, 0.3) is 5.91 Å². The first-order valence-electron chi connectivity index (χ1n) is 6.75. The molecule has 0 unspecified atom stereocenters. The number of rotatable bonds is 3. The van der Waals surface area contributed by atoms with E-state index in [4.69, 9.17) is 11.6 Å². The van der Waals surface area contributed by atoms with Crippen LogP contribution in [0.1, 0.15) is 16.7 Å². The number of nitrogens with zero attached hydrogens (tertiary/aromatic N) is 1. The quantitative estimate of drug-likeness (QED) is 0.670. The Bertz CT molecular complexity index is 788. The van der Waals surface area contributed by atoms with Crippen molar-refractivity contribution < 1.29 is 4.79 Å². The van der Waals surface area contributed by atoms with Crippen LogP contribution in [-0.4, -0.2) is 5.91 Å². The van der Waals surface area contributed by atoms with E-state index in [1.165, 1.54) is 6.08 Å². The highest BCUT2D eigenvalue weighted by Crippen LogP contribution is 2.17. The highest BCUT2D eigenvalue weighted by atomic mass is 35.5. The first-order valence-corrected chi connectivity index (χ1v) is 7.13. The van der Waals surface area contributed by atoms with E-state index in [2.05, 4.69) is 5.32 Å². The standard InChI is InChI=1S/C18H15ClN2O/c1-12-6-7-17(8-13(12)2)21-18(22)15(11-20)9-14-4-3-5-16(19)10-14/h3-10H,1-2H3,(H,21,22)/b15-9+. The molecule has 0 aromatic heterocycles. The maximum Gasteiger partial charge on any atom is 0.266 e. The second kappa shape index (κ2) is 6.93. The molecule has 1 amide bonds. The third-order valence-electron chi connectivity index (χ3n) is 3.29. The van der Waals surface area contributed by atoms with Crippen molar-refractivity contribution in [3.63, 3.8) is 0 Å². The number of nitrogens with one attached hydrogen (secondary N) is 1. The van der Waals surface area contributed by atoms with Crippen molar-refractivity contribution in [2.45, 2.75) is 13.8 Å². The predicted molar refractivity (Wildman–Crippen MR) is 89.6 cm³/mol. The summed E-state index contributed by atoms with van der Waals surface area (Å²) >= 11 is 5.90. The van der Waals surface area contributed by atoms with Crippen molar-refractivity contribution >= 4 is 29.3 Å². The summed E-state index contributed by atoms with van der Waals surface area (Å²) in [5.41, 5.74) is 3.63. The summed E-state index contributed by atoms with van der Waals surface area (Å²) in [7, 11) is 0. The molecule has 110 valence electrons. The lowest BCUT2D eigenvalue weighted by molar-refractivity contribution is -0.112. The van der Waals surface area contributed by atoms with Crippen molar-refractivity contribution in [2.75, 3.05) is 5.32 Å². The lowest BCUT2D eigenvalue weighted by Gasteiger charge is -2.07. The largest absolute Gasteiger partial charge is 0.321 e. The van der Waals surface area contributed by atoms with E-state index in [9.17, 15) is 10.1 Å². The van der Waals surface area contributed by atoms with Crippen LogP contribution >= 0.6 is 11.6 Å². The fraction of sp³-hybridized carbons (Fsp3) is 0.111. The van der Waals surface area contributed by atoms with Crippen LogP contribution in [0.5, 0.6) is 0 Å². The fourth-order valence-electron chi connectivity index (χ4n) is 1.93. The Morgan fingerprint density at radius 1 is 1.18 bits per heavy atom. The minimum Gasteiger partial charge on any atom is -0.321 e. The summed E-state index contributed by atoms with van der Waals surface area (Å²) in [6, 6.07) is 14.5. The van der Waals surface area contributed by atoms with Gasteiger partial charge in [0.2, 0.25) is 0 Å². The average Bonchev–Trinajstić information content (AvgIpc) is 2.48. The van der Waals surface area contributed by atoms with Crippen LogP contribution in [0.15, 0.2) is 48.0 Å². The molecule has 1 N–H and O–H groups in total. The SMILES string of the molecule is Cc1ccc(NC(=O)/C(C#N)=C/c2cccc(Cl)c2)cc1C. The van der Waals surface area contributed by atoms with Gasteiger partial charge in [-0.1, -0.05) is 29.8 Å². The van der Waals surface area contributed by atoms with Gasteiger partial charge in [-0.2, -0.15) is 5.26 Å². The van der Waals surface area contributed by atoms with Crippen molar-refractivity contribution in [3.8, 4) is 6.07 Å². The minimum atomic E-state index is -0.439. The Morgan fingerprint density at radius 3 is 2.59 bits per heavy atom. The maximum absolute atomic E-state index is 12.2. The van der Waals surface area contributed by atoms with Gasteiger partial charge >= 0.3 is 0 Å². The second-order valence-electron chi connectivity index (χ2n) is 4.98. The number of halogens is 1. The van der Waals surface area contributed by atoms with Crippen molar-refractivity contribution in [1.82, 2.24) is 0 Å². The molecule has 0 saturated carbocycles. The normalized spacial score (nSPS) is 10.9. The molecular formula is C18H15ClN2O. The molecule has 0 aliphatic heterocycles. The van der Waals surface area contributed by atoms with Crippen LogP contribution in [-0.2, 0) is 4.79 Å². The lowest BCUT2D eigenvalue weighted by atomic mass is 10.1. The molecule has 3 nitrogen and oxygen atoms in total. The maximum atomic E-state index is 12.2. The molecule has 22 heavy (non-hydrogen) atoms. The number of hydrogen-bond acceptors (Lipinski definition) is 2. The van der Waals surface area contributed by atoms with Crippen LogP contribution in [0.3, 0.4) is 0 Å². The molecule has 0 bridgehead atoms. The first-order chi connectivity index (χ1) is 10.5. The number of amides is 1. The number of nitriles is 1. The third kappa shape index (κ3) is 3.97. The van der Waals surface area contributed by atoms with Gasteiger partial charge in [0.05, 0.1) is 0 Å². The Morgan fingerprint density at radius 2 is 1.95 bits per heavy atom. The summed E-state index contributed by atoms with van der Waals surface area (Å²) in [4.78, 5) is 12.2. The zero-order valence-electron chi connectivity index (χ0n) is 12.4. The van der Waals surface area contributed by atoms with E-state index < -0.39 is 5.91 Å². The summed E-state index contributed by atoms with van der Waals surface area (Å²) < 4.78 is 0. The Kier molecular flexibility index (Phi) is 4.98. The smallest absolute Gasteiger partial charge is 0.266 e. The third-order valence-corrected chi connectivity index (χ3v) is 3.52. The van der Waals surface area contributed by atoms with Crippen molar-refractivity contribution in [3.05, 3.63) is 69.8 Å². The van der Waals surface area contributed by atoms with Crippen LogP contribution in [0.4, 0.5) is 5.69 Å². The number of benzene rings is 2. The number of aryl methyl sites for hydroxylation is 2. The first kappa shape index (κ1) is 15.8. The molecule has 2 rings (SSSR count). The van der Waals surface area contributed by atoms with Gasteiger partial charge in [-0.3, -0.25) is 4.79 Å². The molecule has 0 radical (unpaired) electrons. The predicted octanol–water partition coefficient (Wildman–Crippen LogP) is 4.50. The zero-order valence-corrected chi connectivity index (χ0v) is 13.1. The van der Waals surface area contributed by atoms with Gasteiger partial charge in [-0.25, -0.2) is 0 Å². The van der Waals surface area contributed by atoms with Crippen LogP contribution < -0.4 is 5.32 Å². The van der Waals surface area contributed by atoms with E-state index in [-0.39, 0.29) is 5.57 Å². The number of carbonyl (C=O) groups excluding carboxylic acids is 1. The Hall–Kier alpha value is -2.57. The Balaban J connectivity index is 2.22. The van der Waals surface area contributed by atoms with Gasteiger partial charge in [0, 0.05) is 10.7 Å². The Labute approximate surface area is 134 Å². The summed E-state index contributed by atoms with van der Waals surface area (Å²) in [6.07, 6.45) is 1.52. The highest BCUT2D eigenvalue weighted by molar-refractivity contribution is 6.30. The van der Waals surface area contributed by atoms with Crippen LogP contribution in [0.2, 0.25) is 5.02 Å². The summed E-state index contributed by atoms with van der Waals surface area (Å²) in [5, 5.41) is 12.5. The van der Waals surface area contributed by atoms with Gasteiger partial charge in [0.1, 0.15) is 11.6 Å². The molecule has 4 heteroatoms. The molecule has 0 heterocycles. The van der Waals surface area contributed by atoms with Crippen LogP contribution in [0, 0.1) is 25.2 Å². The molecule has 0 spiro atoms. The summed E-state index contributed by atoms with van der Waals surface area (Å²) in [5.74, 6) is -0.439. The minimum absolute atomic E-state index is 0.0282. The molecule has 2 aromatic rings. The number of anilines is 1. The van der Waals surface area contributed by atoms with Crippen LogP contribution in [0.25, 0.3) is 6.08 Å². The lowest BCUT2D eigenvalue weighted by Crippen LogP contribution is -2.13. The van der Waals surface area contributed by atoms with E-state index in [1.807, 2.05) is 38.1 Å². The van der Waals surface area contributed by atoms with E-state index in [0.717, 1.165) is 11.1 Å². The molecule has 2 aromatic carbocycles. The molecule has 0 fully saturated rings. The number of hydrogen-bond donors (Lipinski definition) is 1. The van der Waals surface area contributed by atoms with Gasteiger partial charge in [-0.05, 0) is 60.9 Å². The fourth-order valence-corrected chi connectivity index (χ4v) is 2.13. The van der Waals surface area contributed by atoms with Gasteiger partial charge in [-0.15, -0.1) is 0 Å². The zero-order chi connectivity index (χ0) is 16.1. The second-order valence-corrected chi connectivity index (χ2v) is 5.41.